The molecule has 1 aromatic rings. The Kier molecular flexibility index (Phi) is 2.39. The number of nitrogens with one attached hydrogen (secondary N) is 1. The molecule has 1 aliphatic heterocycles. The van der Waals surface area contributed by atoms with Crippen LogP contribution in [0.5, 0.6) is 0 Å². The van der Waals surface area contributed by atoms with E-state index in [2.05, 4.69) is 10.3 Å². The number of thiazole rings is 1. The zero-order chi connectivity index (χ0) is 8.39. The van der Waals surface area contributed by atoms with Gasteiger partial charge in [0.15, 0.2) is 0 Å². The lowest BCUT2D eigenvalue weighted by molar-refractivity contribution is 0.00881. The summed E-state index contributed by atoms with van der Waals surface area (Å²) in [7, 11) is 0. The Bertz CT molecular complexity index is 257. The molecule has 0 aromatic carbocycles. The number of nitrogens with zero attached hydrogens (tertiary/aromatic N) is 1. The third-order valence-electron chi connectivity index (χ3n) is 1.87. The van der Waals surface area contributed by atoms with Gasteiger partial charge in [0, 0.05) is 19.3 Å². The summed E-state index contributed by atoms with van der Waals surface area (Å²) >= 11 is 1.71. The summed E-state index contributed by atoms with van der Waals surface area (Å²) in [5.41, 5.74) is 0. The van der Waals surface area contributed by atoms with Gasteiger partial charge in [-0.25, -0.2) is 4.98 Å². The fourth-order valence-corrected chi connectivity index (χ4v) is 1.77. The predicted octanol–water partition coefficient (Wildman–Crippen LogP) is 0.940. The summed E-state index contributed by atoms with van der Waals surface area (Å²) in [5.74, 6) is 0. The minimum absolute atomic E-state index is 0.424. The van der Waals surface area contributed by atoms with Crippen LogP contribution in [-0.2, 0) is 11.3 Å². The van der Waals surface area contributed by atoms with Crippen molar-refractivity contribution in [1.82, 2.24) is 10.3 Å². The summed E-state index contributed by atoms with van der Waals surface area (Å²) in [6.07, 6.45) is 2.32. The second kappa shape index (κ2) is 3.51. The van der Waals surface area contributed by atoms with Crippen LogP contribution >= 0.6 is 11.3 Å². The smallest absolute Gasteiger partial charge is 0.0897 e. The molecule has 0 radical (unpaired) electrons. The maximum absolute atomic E-state index is 5.59. The van der Waals surface area contributed by atoms with Gasteiger partial charge in [-0.3, -0.25) is 0 Å². The van der Waals surface area contributed by atoms with Crippen molar-refractivity contribution in [2.75, 3.05) is 13.1 Å². The van der Waals surface area contributed by atoms with Gasteiger partial charge in [-0.15, -0.1) is 11.3 Å². The number of hydrogen-bond acceptors (Lipinski definition) is 4. The highest BCUT2D eigenvalue weighted by Crippen LogP contribution is 2.13. The number of aryl methyl sites for hydroxylation is 1. The number of ether oxygens (including phenoxy) is 1. The first-order valence-electron chi connectivity index (χ1n) is 4.08. The Morgan fingerprint density at radius 3 is 3.08 bits per heavy atom. The fraction of sp³-hybridized carbons (Fsp3) is 0.625. The van der Waals surface area contributed by atoms with E-state index in [-0.39, 0.29) is 0 Å². The highest BCUT2D eigenvalue weighted by Gasteiger charge is 2.16. The van der Waals surface area contributed by atoms with Crippen LogP contribution in [0.1, 0.15) is 9.88 Å². The number of hydrogen-bond donors (Lipinski definition) is 1. The molecule has 0 atom stereocenters. The molecule has 1 fully saturated rings. The highest BCUT2D eigenvalue weighted by molar-refractivity contribution is 7.11. The second-order valence-electron chi connectivity index (χ2n) is 2.94. The fourth-order valence-electron chi connectivity index (χ4n) is 1.05. The van der Waals surface area contributed by atoms with Gasteiger partial charge in [0.1, 0.15) is 0 Å². The molecule has 0 saturated carbocycles. The average molecular weight is 184 g/mol. The molecule has 3 nitrogen and oxygen atoms in total. The molecule has 4 heteroatoms. The molecule has 1 saturated heterocycles. The van der Waals surface area contributed by atoms with Crippen LogP contribution in [0, 0.1) is 6.92 Å². The Hall–Kier alpha value is -0.450. The number of aromatic nitrogens is 1. The molecule has 0 unspecified atom stereocenters. The normalized spacial score (nSPS) is 17.8. The van der Waals surface area contributed by atoms with Gasteiger partial charge in [-0.2, -0.15) is 0 Å². The van der Waals surface area contributed by atoms with Gasteiger partial charge in [-0.1, -0.05) is 0 Å². The number of rotatable bonds is 3. The van der Waals surface area contributed by atoms with E-state index >= 15 is 0 Å². The molecule has 1 aliphatic rings. The Morgan fingerprint density at radius 1 is 1.75 bits per heavy atom. The van der Waals surface area contributed by atoms with Gasteiger partial charge >= 0.3 is 0 Å². The van der Waals surface area contributed by atoms with Crippen molar-refractivity contribution in [3.05, 3.63) is 16.1 Å². The van der Waals surface area contributed by atoms with Crippen molar-refractivity contribution in [3.8, 4) is 0 Å². The van der Waals surface area contributed by atoms with E-state index in [1.165, 1.54) is 4.88 Å². The molecule has 1 aromatic heterocycles. The quantitative estimate of drug-likeness (QED) is 0.759. The molecular weight excluding hydrogens is 172 g/mol. The van der Waals surface area contributed by atoms with Crippen molar-refractivity contribution in [1.29, 1.82) is 0 Å². The average Bonchev–Trinajstić information content (AvgIpc) is 2.32. The van der Waals surface area contributed by atoms with Gasteiger partial charge in [0.05, 0.1) is 22.6 Å². The molecule has 1 N–H and O–H groups in total. The first kappa shape index (κ1) is 8.16. The maximum Gasteiger partial charge on any atom is 0.0897 e. The zero-order valence-electron chi connectivity index (χ0n) is 7.04. The van der Waals surface area contributed by atoms with E-state index < -0.39 is 0 Å². The van der Waals surface area contributed by atoms with Gasteiger partial charge < -0.3 is 10.1 Å². The molecule has 2 rings (SSSR count). The van der Waals surface area contributed by atoms with Crippen molar-refractivity contribution in [2.24, 2.45) is 0 Å². The van der Waals surface area contributed by atoms with Gasteiger partial charge in [-0.05, 0) is 6.92 Å². The van der Waals surface area contributed by atoms with Gasteiger partial charge in [0.2, 0.25) is 0 Å². The maximum atomic E-state index is 5.59. The molecule has 2 heterocycles. The standard InChI is InChI=1S/C8H12N2OS/c1-6-10-4-8(12-6)5-11-7-2-9-3-7/h4,7,9H,2-3,5H2,1H3. The first-order valence-corrected chi connectivity index (χ1v) is 4.90. The summed E-state index contributed by atoms with van der Waals surface area (Å²) < 4.78 is 5.59. The molecular formula is C8H12N2OS. The molecule has 0 amide bonds. The third-order valence-corrected chi connectivity index (χ3v) is 2.76. The van der Waals surface area contributed by atoms with Crippen molar-refractivity contribution < 1.29 is 4.74 Å². The monoisotopic (exact) mass is 184 g/mol. The van der Waals surface area contributed by atoms with Crippen molar-refractivity contribution in [2.45, 2.75) is 19.6 Å². The lowest BCUT2D eigenvalue weighted by Gasteiger charge is -2.26. The largest absolute Gasteiger partial charge is 0.370 e. The minimum atomic E-state index is 0.424. The van der Waals surface area contributed by atoms with E-state index in [4.69, 9.17) is 4.74 Å². The predicted molar refractivity (Wildman–Crippen MR) is 48.3 cm³/mol. The zero-order valence-corrected chi connectivity index (χ0v) is 7.86. The summed E-state index contributed by atoms with van der Waals surface area (Å²) in [6, 6.07) is 0. The van der Waals surface area contributed by atoms with Crippen LogP contribution in [0.25, 0.3) is 0 Å². The minimum Gasteiger partial charge on any atom is -0.370 e. The molecule has 12 heavy (non-hydrogen) atoms. The van der Waals surface area contributed by atoms with E-state index in [1.54, 1.807) is 11.3 Å². The molecule has 66 valence electrons. The van der Waals surface area contributed by atoms with Crippen molar-refractivity contribution >= 4 is 11.3 Å². The SMILES string of the molecule is Cc1ncc(COC2CNC2)s1. The van der Waals surface area contributed by atoms with Gasteiger partial charge in [0.25, 0.3) is 0 Å². The molecule has 0 spiro atoms. The lowest BCUT2D eigenvalue weighted by atomic mass is 10.2. The second-order valence-corrected chi connectivity index (χ2v) is 4.26. The summed E-state index contributed by atoms with van der Waals surface area (Å²) in [5, 5.41) is 4.28. The Balaban J connectivity index is 1.79. The van der Waals surface area contributed by atoms with E-state index in [0.29, 0.717) is 6.10 Å². The van der Waals surface area contributed by atoms with Crippen molar-refractivity contribution in [3.63, 3.8) is 0 Å². The van der Waals surface area contributed by atoms with Crippen LogP contribution in [0.15, 0.2) is 6.20 Å². The topological polar surface area (TPSA) is 34.1 Å². The Morgan fingerprint density at radius 2 is 2.58 bits per heavy atom. The summed E-state index contributed by atoms with van der Waals surface area (Å²) in [6.45, 7) is 4.73. The third kappa shape index (κ3) is 1.83. The van der Waals surface area contributed by atoms with Crippen LogP contribution in [0.4, 0.5) is 0 Å². The van der Waals surface area contributed by atoms with Crippen LogP contribution in [0.2, 0.25) is 0 Å². The Labute approximate surface area is 75.8 Å². The molecule has 0 bridgehead atoms. The highest BCUT2D eigenvalue weighted by atomic mass is 32.1. The van der Waals surface area contributed by atoms with Crippen LogP contribution in [-0.4, -0.2) is 24.2 Å². The molecule has 0 aliphatic carbocycles. The van der Waals surface area contributed by atoms with E-state index in [9.17, 15) is 0 Å². The first-order chi connectivity index (χ1) is 5.84. The lowest BCUT2D eigenvalue weighted by Crippen LogP contribution is -2.48. The van der Waals surface area contributed by atoms with E-state index in [0.717, 1.165) is 24.7 Å². The van der Waals surface area contributed by atoms with E-state index in [1.807, 2.05) is 13.1 Å². The van der Waals surface area contributed by atoms with Crippen LogP contribution in [0.3, 0.4) is 0 Å². The van der Waals surface area contributed by atoms with Crippen LogP contribution < -0.4 is 5.32 Å². The summed E-state index contributed by atoms with van der Waals surface area (Å²) in [4.78, 5) is 5.38.